The van der Waals surface area contributed by atoms with Gasteiger partial charge in [0.25, 0.3) is 0 Å². The quantitative estimate of drug-likeness (QED) is 0.863. The molecule has 1 heterocycles. The minimum atomic E-state index is 0.295. The largest absolute Gasteiger partial charge is 0.314 e. The van der Waals surface area contributed by atoms with Crippen molar-refractivity contribution < 1.29 is 0 Å². The number of hydrogen-bond donors (Lipinski definition) is 1. The van der Waals surface area contributed by atoms with E-state index in [1.807, 2.05) is 14.0 Å². The summed E-state index contributed by atoms with van der Waals surface area (Å²) in [5.41, 5.74) is 2.56. The van der Waals surface area contributed by atoms with Crippen LogP contribution >= 0.6 is 11.6 Å². The van der Waals surface area contributed by atoms with Crippen LogP contribution < -0.4 is 5.32 Å². The molecule has 1 atom stereocenters. The first kappa shape index (κ1) is 16.5. The van der Waals surface area contributed by atoms with Crippen LogP contribution in [0.15, 0.2) is 0 Å². The lowest BCUT2D eigenvalue weighted by molar-refractivity contribution is 0.254. The molecule has 0 aliphatic rings. The third kappa shape index (κ3) is 4.50. The zero-order valence-corrected chi connectivity index (χ0v) is 13.9. The molecule has 110 valence electrons. The van der Waals surface area contributed by atoms with Gasteiger partial charge in [0.15, 0.2) is 0 Å². The molecule has 0 aliphatic carbocycles. The van der Waals surface area contributed by atoms with Crippen molar-refractivity contribution in [3.05, 3.63) is 16.4 Å². The molecule has 0 amide bonds. The summed E-state index contributed by atoms with van der Waals surface area (Å²) < 4.78 is 1.76. The normalized spacial score (nSPS) is 13.8. The van der Waals surface area contributed by atoms with Gasteiger partial charge in [-0.1, -0.05) is 39.3 Å². The van der Waals surface area contributed by atoms with Crippen molar-refractivity contribution in [2.24, 2.45) is 12.5 Å². The first-order valence-electron chi connectivity index (χ1n) is 7.18. The summed E-state index contributed by atoms with van der Waals surface area (Å²) in [6.45, 7) is 12.1. The van der Waals surface area contributed by atoms with Crippen LogP contribution in [0, 0.1) is 12.3 Å². The summed E-state index contributed by atoms with van der Waals surface area (Å²) >= 11 is 6.27. The average Bonchev–Trinajstić information content (AvgIpc) is 2.53. The van der Waals surface area contributed by atoms with Crippen molar-refractivity contribution >= 4 is 11.6 Å². The topological polar surface area (TPSA) is 29.9 Å². The highest BCUT2D eigenvalue weighted by Crippen LogP contribution is 2.25. The summed E-state index contributed by atoms with van der Waals surface area (Å²) in [4.78, 5) is 0. The van der Waals surface area contributed by atoms with Crippen molar-refractivity contribution in [3.63, 3.8) is 0 Å². The SMILES string of the molecule is CCNC(CCCc1c(C)nn(C)c1Cl)C(C)(C)C. The Balaban J connectivity index is 2.57. The molecule has 19 heavy (non-hydrogen) atoms. The van der Waals surface area contributed by atoms with Crippen molar-refractivity contribution in [2.45, 2.75) is 59.9 Å². The molecule has 1 rings (SSSR count). The van der Waals surface area contributed by atoms with Crippen molar-refractivity contribution in [1.82, 2.24) is 15.1 Å². The predicted octanol–water partition coefficient (Wildman–Crippen LogP) is 3.73. The van der Waals surface area contributed by atoms with Gasteiger partial charge < -0.3 is 5.32 Å². The van der Waals surface area contributed by atoms with Gasteiger partial charge in [-0.05, 0) is 38.1 Å². The van der Waals surface area contributed by atoms with Crippen LogP contribution in [0.4, 0.5) is 0 Å². The van der Waals surface area contributed by atoms with E-state index < -0.39 is 0 Å². The Bertz CT molecular complexity index is 404. The highest BCUT2D eigenvalue weighted by atomic mass is 35.5. The van der Waals surface area contributed by atoms with E-state index >= 15 is 0 Å². The fourth-order valence-corrected chi connectivity index (χ4v) is 2.80. The fourth-order valence-electron chi connectivity index (χ4n) is 2.53. The third-order valence-electron chi connectivity index (χ3n) is 3.69. The van der Waals surface area contributed by atoms with Gasteiger partial charge >= 0.3 is 0 Å². The molecule has 0 fully saturated rings. The molecule has 1 unspecified atom stereocenters. The molecule has 3 nitrogen and oxygen atoms in total. The Morgan fingerprint density at radius 3 is 2.42 bits per heavy atom. The molecular weight excluding hydrogens is 258 g/mol. The molecule has 1 N–H and O–H groups in total. The number of nitrogens with zero attached hydrogens (tertiary/aromatic N) is 2. The zero-order chi connectivity index (χ0) is 14.6. The Labute approximate surface area is 122 Å². The van der Waals surface area contributed by atoms with Gasteiger partial charge in [0.2, 0.25) is 0 Å². The van der Waals surface area contributed by atoms with E-state index in [0.29, 0.717) is 11.5 Å². The maximum atomic E-state index is 6.27. The van der Waals surface area contributed by atoms with E-state index in [4.69, 9.17) is 11.6 Å². The molecule has 4 heteroatoms. The van der Waals surface area contributed by atoms with Crippen LogP contribution in [0.2, 0.25) is 5.15 Å². The van der Waals surface area contributed by atoms with E-state index in [2.05, 4.69) is 38.1 Å². The second-order valence-corrected chi connectivity index (χ2v) is 6.70. The zero-order valence-electron chi connectivity index (χ0n) is 13.2. The van der Waals surface area contributed by atoms with E-state index in [1.165, 1.54) is 12.0 Å². The number of halogens is 1. The monoisotopic (exact) mass is 285 g/mol. The summed E-state index contributed by atoms with van der Waals surface area (Å²) in [6.07, 6.45) is 3.32. The molecule has 0 saturated carbocycles. The van der Waals surface area contributed by atoms with Gasteiger partial charge in [-0.2, -0.15) is 5.10 Å². The van der Waals surface area contributed by atoms with Gasteiger partial charge in [0.05, 0.1) is 5.69 Å². The molecule has 0 radical (unpaired) electrons. The van der Waals surface area contributed by atoms with Gasteiger partial charge in [-0.25, -0.2) is 0 Å². The minimum absolute atomic E-state index is 0.295. The van der Waals surface area contributed by atoms with Crippen LogP contribution in [0.3, 0.4) is 0 Å². The van der Waals surface area contributed by atoms with Crippen LogP contribution in [0.1, 0.15) is 51.8 Å². The van der Waals surface area contributed by atoms with E-state index in [-0.39, 0.29) is 0 Å². The van der Waals surface area contributed by atoms with Crippen LogP contribution in [0.5, 0.6) is 0 Å². The smallest absolute Gasteiger partial charge is 0.130 e. The summed E-state index contributed by atoms with van der Waals surface area (Å²) in [6, 6.07) is 0.549. The minimum Gasteiger partial charge on any atom is -0.314 e. The van der Waals surface area contributed by atoms with Gasteiger partial charge in [-0.15, -0.1) is 0 Å². The number of aromatic nitrogens is 2. The Morgan fingerprint density at radius 2 is 2.00 bits per heavy atom. The highest BCUT2D eigenvalue weighted by molar-refractivity contribution is 6.30. The lowest BCUT2D eigenvalue weighted by Crippen LogP contribution is -2.40. The van der Waals surface area contributed by atoms with E-state index in [1.54, 1.807) is 4.68 Å². The molecule has 1 aromatic heterocycles. The van der Waals surface area contributed by atoms with E-state index in [9.17, 15) is 0 Å². The number of aryl methyl sites for hydroxylation is 2. The summed E-state index contributed by atoms with van der Waals surface area (Å²) in [5, 5.41) is 8.74. The second kappa shape index (κ2) is 6.76. The van der Waals surface area contributed by atoms with Gasteiger partial charge in [0.1, 0.15) is 5.15 Å². The lowest BCUT2D eigenvalue weighted by Gasteiger charge is -2.31. The first-order valence-corrected chi connectivity index (χ1v) is 7.56. The van der Waals surface area contributed by atoms with Gasteiger partial charge in [0, 0.05) is 18.7 Å². The van der Waals surface area contributed by atoms with Gasteiger partial charge in [-0.3, -0.25) is 4.68 Å². The lowest BCUT2D eigenvalue weighted by atomic mass is 9.83. The van der Waals surface area contributed by atoms with E-state index in [0.717, 1.165) is 30.2 Å². The number of rotatable bonds is 6. The highest BCUT2D eigenvalue weighted by Gasteiger charge is 2.23. The fraction of sp³-hybridized carbons (Fsp3) is 0.800. The van der Waals surface area contributed by atoms with Crippen molar-refractivity contribution in [3.8, 4) is 0 Å². The average molecular weight is 286 g/mol. The van der Waals surface area contributed by atoms with Crippen LogP contribution in [0.25, 0.3) is 0 Å². The number of hydrogen-bond acceptors (Lipinski definition) is 2. The summed E-state index contributed by atoms with van der Waals surface area (Å²) in [5.74, 6) is 0. The maximum Gasteiger partial charge on any atom is 0.130 e. The molecule has 0 spiro atoms. The molecule has 0 aliphatic heterocycles. The third-order valence-corrected chi connectivity index (χ3v) is 4.16. The Morgan fingerprint density at radius 1 is 1.37 bits per heavy atom. The predicted molar refractivity (Wildman–Crippen MR) is 82.8 cm³/mol. The molecule has 1 aromatic rings. The Kier molecular flexibility index (Phi) is 5.87. The molecular formula is C15H28ClN3. The molecule has 0 bridgehead atoms. The molecule has 0 aromatic carbocycles. The second-order valence-electron chi connectivity index (χ2n) is 6.35. The number of nitrogens with one attached hydrogen (secondary N) is 1. The standard InChI is InChI=1S/C15H28ClN3/c1-7-17-13(15(3,4)5)10-8-9-12-11(2)18-19(6)14(12)16/h13,17H,7-10H2,1-6H3. The van der Waals surface area contributed by atoms with Crippen LogP contribution in [-0.4, -0.2) is 22.4 Å². The summed E-state index contributed by atoms with van der Waals surface area (Å²) in [7, 11) is 1.90. The Hall–Kier alpha value is -0.540. The molecule has 0 saturated heterocycles. The maximum absolute atomic E-state index is 6.27. The first-order chi connectivity index (χ1) is 8.77. The van der Waals surface area contributed by atoms with Crippen LogP contribution in [-0.2, 0) is 13.5 Å². The van der Waals surface area contributed by atoms with Crippen molar-refractivity contribution in [1.29, 1.82) is 0 Å². The van der Waals surface area contributed by atoms with Crippen molar-refractivity contribution in [2.75, 3.05) is 6.54 Å².